The van der Waals surface area contributed by atoms with Crippen molar-refractivity contribution in [3.8, 4) is 0 Å². The fraction of sp³-hybridized carbons (Fsp3) is 0.364. The van der Waals surface area contributed by atoms with Gasteiger partial charge in [-0.3, -0.25) is 20.2 Å². The molecule has 0 unspecified atom stereocenters. The molecule has 7 nitrogen and oxygen atoms in total. The summed E-state index contributed by atoms with van der Waals surface area (Å²) in [6.45, 7) is -0.460. The lowest BCUT2D eigenvalue weighted by Gasteiger charge is -2.13. The monoisotopic (exact) mass is 288 g/mol. The van der Waals surface area contributed by atoms with Gasteiger partial charge >= 0.3 is 5.97 Å². The zero-order valence-electron chi connectivity index (χ0n) is 10.1. The van der Waals surface area contributed by atoms with Crippen molar-refractivity contribution in [1.29, 1.82) is 0 Å². The Morgan fingerprint density at radius 2 is 2.32 bits per heavy atom. The number of ether oxygens (including phenoxy) is 1. The van der Waals surface area contributed by atoms with Gasteiger partial charge in [0.1, 0.15) is 6.04 Å². The van der Waals surface area contributed by atoms with Gasteiger partial charge in [0.05, 0.1) is 18.6 Å². The molecule has 1 atom stereocenters. The molecule has 0 saturated carbocycles. The van der Waals surface area contributed by atoms with Crippen LogP contribution in [0.1, 0.15) is 5.56 Å². The molecule has 0 radical (unpaired) electrons. The molecule has 0 aliphatic heterocycles. The van der Waals surface area contributed by atoms with Crippen LogP contribution in [0.5, 0.6) is 0 Å². The van der Waals surface area contributed by atoms with Crippen LogP contribution in [0.25, 0.3) is 0 Å². The fourth-order valence-corrected chi connectivity index (χ4v) is 1.67. The van der Waals surface area contributed by atoms with E-state index in [1.807, 2.05) is 0 Å². The van der Waals surface area contributed by atoms with E-state index < -0.39 is 23.5 Å². The number of rotatable bonds is 6. The van der Waals surface area contributed by atoms with Gasteiger partial charge in [-0.1, -0.05) is 11.6 Å². The number of benzene rings is 1. The van der Waals surface area contributed by atoms with Gasteiger partial charge in [-0.25, -0.2) is 0 Å². The molecule has 1 rings (SSSR count). The number of aliphatic hydroxyl groups excluding tert-OH is 1. The first-order valence-electron chi connectivity index (χ1n) is 5.34. The SMILES string of the molecule is COC(=O)[C@H](CO)NCc1cc(Cl)ccc1[N+](=O)[O-]. The number of esters is 1. The normalized spacial score (nSPS) is 11.9. The van der Waals surface area contributed by atoms with Crippen molar-refractivity contribution in [3.63, 3.8) is 0 Å². The topological polar surface area (TPSA) is 102 Å². The molecule has 0 heterocycles. The maximum Gasteiger partial charge on any atom is 0.325 e. The average Bonchev–Trinajstić information content (AvgIpc) is 2.38. The van der Waals surface area contributed by atoms with Crippen LogP contribution in [0, 0.1) is 10.1 Å². The van der Waals surface area contributed by atoms with Crippen molar-refractivity contribution in [1.82, 2.24) is 5.32 Å². The van der Waals surface area contributed by atoms with Crippen LogP contribution in [0.3, 0.4) is 0 Å². The molecule has 0 fully saturated rings. The molecule has 0 aromatic heterocycles. The summed E-state index contributed by atoms with van der Waals surface area (Å²) in [5, 5.41) is 22.9. The van der Waals surface area contributed by atoms with Crippen LogP contribution in [0.4, 0.5) is 5.69 Å². The summed E-state index contributed by atoms with van der Waals surface area (Å²) in [5.74, 6) is -0.646. The molecule has 0 amide bonds. The number of methoxy groups -OCH3 is 1. The minimum Gasteiger partial charge on any atom is -0.468 e. The van der Waals surface area contributed by atoms with Gasteiger partial charge in [-0.2, -0.15) is 0 Å². The third kappa shape index (κ3) is 4.16. The summed E-state index contributed by atoms with van der Waals surface area (Å²) < 4.78 is 4.47. The summed E-state index contributed by atoms with van der Waals surface area (Å²) in [6, 6.07) is 3.18. The molecule has 0 bridgehead atoms. The second-order valence-electron chi connectivity index (χ2n) is 3.67. The number of carbonyl (C=O) groups is 1. The smallest absolute Gasteiger partial charge is 0.325 e. The van der Waals surface area contributed by atoms with Crippen molar-refractivity contribution in [2.75, 3.05) is 13.7 Å². The van der Waals surface area contributed by atoms with E-state index in [0.29, 0.717) is 10.6 Å². The van der Waals surface area contributed by atoms with E-state index in [2.05, 4.69) is 10.1 Å². The molecular weight excluding hydrogens is 276 g/mol. The first-order chi connectivity index (χ1) is 8.99. The van der Waals surface area contributed by atoms with E-state index in [-0.39, 0.29) is 12.2 Å². The van der Waals surface area contributed by atoms with Crippen molar-refractivity contribution < 1.29 is 19.6 Å². The zero-order valence-corrected chi connectivity index (χ0v) is 10.9. The highest BCUT2D eigenvalue weighted by atomic mass is 35.5. The number of nitro benzene ring substituents is 1. The quantitative estimate of drug-likeness (QED) is 0.457. The first-order valence-corrected chi connectivity index (χ1v) is 5.72. The summed E-state index contributed by atoms with van der Waals surface area (Å²) in [5.41, 5.74) is 0.207. The highest BCUT2D eigenvalue weighted by Gasteiger charge is 2.20. The van der Waals surface area contributed by atoms with Gasteiger partial charge in [0.15, 0.2) is 0 Å². The zero-order chi connectivity index (χ0) is 14.4. The molecule has 1 aromatic rings. The second-order valence-corrected chi connectivity index (χ2v) is 4.11. The van der Waals surface area contributed by atoms with Gasteiger partial charge in [0.25, 0.3) is 5.69 Å². The predicted octanol–water partition coefficient (Wildman–Crippen LogP) is 0.872. The van der Waals surface area contributed by atoms with Crippen LogP contribution in [-0.2, 0) is 16.1 Å². The Bertz CT molecular complexity index is 480. The maximum atomic E-state index is 11.2. The lowest BCUT2D eigenvalue weighted by Crippen LogP contribution is -2.40. The summed E-state index contributed by atoms with van der Waals surface area (Å²) >= 11 is 5.77. The number of hydrogen-bond donors (Lipinski definition) is 2. The second kappa shape index (κ2) is 7.03. The summed E-state index contributed by atoms with van der Waals surface area (Å²) in [6.07, 6.45) is 0. The van der Waals surface area contributed by atoms with E-state index >= 15 is 0 Å². The molecule has 8 heteroatoms. The van der Waals surface area contributed by atoms with E-state index in [0.717, 1.165) is 0 Å². The maximum absolute atomic E-state index is 11.2. The average molecular weight is 289 g/mol. The molecule has 1 aromatic carbocycles. The number of hydrogen-bond acceptors (Lipinski definition) is 6. The number of nitro groups is 1. The molecule has 0 spiro atoms. The van der Waals surface area contributed by atoms with E-state index in [1.54, 1.807) is 0 Å². The number of carbonyl (C=O) groups excluding carboxylic acids is 1. The standard InChI is InChI=1S/C11H13ClN2O5/c1-19-11(16)9(6-15)13-5-7-4-8(12)2-3-10(7)14(17)18/h2-4,9,13,15H,5-6H2,1H3/t9-/m0/s1. The Morgan fingerprint density at radius 3 is 2.84 bits per heavy atom. The Labute approximate surface area is 114 Å². The van der Waals surface area contributed by atoms with Crippen molar-refractivity contribution >= 4 is 23.3 Å². The van der Waals surface area contributed by atoms with Gasteiger partial charge in [0, 0.05) is 23.2 Å². The molecule has 104 valence electrons. The van der Waals surface area contributed by atoms with Crippen molar-refractivity contribution in [3.05, 3.63) is 38.9 Å². The minimum atomic E-state index is -0.941. The highest BCUT2D eigenvalue weighted by Crippen LogP contribution is 2.22. The Kier molecular flexibility index (Phi) is 5.68. The van der Waals surface area contributed by atoms with Crippen LogP contribution < -0.4 is 5.32 Å². The van der Waals surface area contributed by atoms with E-state index in [1.165, 1.54) is 25.3 Å². The van der Waals surface area contributed by atoms with E-state index in [9.17, 15) is 14.9 Å². The van der Waals surface area contributed by atoms with Crippen molar-refractivity contribution in [2.24, 2.45) is 0 Å². The molecule has 2 N–H and O–H groups in total. The number of nitrogens with one attached hydrogen (secondary N) is 1. The van der Waals surface area contributed by atoms with Crippen LogP contribution in [0.2, 0.25) is 5.02 Å². The number of halogens is 1. The Morgan fingerprint density at radius 1 is 1.63 bits per heavy atom. The van der Waals surface area contributed by atoms with Gasteiger partial charge in [0.2, 0.25) is 0 Å². The predicted molar refractivity (Wildman–Crippen MR) is 67.8 cm³/mol. The van der Waals surface area contributed by atoms with Gasteiger partial charge in [-0.05, 0) is 12.1 Å². The Hall–Kier alpha value is -1.70. The van der Waals surface area contributed by atoms with E-state index in [4.69, 9.17) is 16.7 Å². The third-order valence-corrected chi connectivity index (χ3v) is 2.68. The highest BCUT2D eigenvalue weighted by molar-refractivity contribution is 6.30. The first kappa shape index (κ1) is 15.4. The number of nitrogens with zero attached hydrogens (tertiary/aromatic N) is 1. The van der Waals surface area contributed by atoms with Gasteiger partial charge < -0.3 is 9.84 Å². The number of aliphatic hydroxyl groups is 1. The van der Waals surface area contributed by atoms with Crippen molar-refractivity contribution in [2.45, 2.75) is 12.6 Å². The third-order valence-electron chi connectivity index (χ3n) is 2.45. The molecule has 0 aliphatic carbocycles. The van der Waals surface area contributed by atoms with Crippen LogP contribution in [-0.4, -0.2) is 35.8 Å². The minimum absolute atomic E-state index is 0.0111. The lowest BCUT2D eigenvalue weighted by molar-refractivity contribution is -0.385. The Balaban J connectivity index is 2.84. The largest absolute Gasteiger partial charge is 0.468 e. The molecule has 0 aliphatic rings. The summed E-state index contributed by atoms with van der Waals surface area (Å²) in [7, 11) is 1.19. The van der Waals surface area contributed by atoms with Crippen LogP contribution >= 0.6 is 11.6 Å². The van der Waals surface area contributed by atoms with Crippen LogP contribution in [0.15, 0.2) is 18.2 Å². The van der Waals surface area contributed by atoms with Gasteiger partial charge in [-0.15, -0.1) is 0 Å². The molecule has 0 saturated heterocycles. The fourth-order valence-electron chi connectivity index (χ4n) is 1.47. The summed E-state index contributed by atoms with van der Waals surface area (Å²) in [4.78, 5) is 21.5. The molecular formula is C11H13ClN2O5. The molecule has 19 heavy (non-hydrogen) atoms. The lowest BCUT2D eigenvalue weighted by atomic mass is 10.1.